The molecule has 0 saturated carbocycles. The van der Waals surface area contributed by atoms with E-state index in [0.29, 0.717) is 22.8 Å². The molecule has 0 spiro atoms. The number of para-hydroxylation sites is 1. The Morgan fingerprint density at radius 3 is 2.42 bits per heavy atom. The zero-order valence-corrected chi connectivity index (χ0v) is 17.8. The third-order valence-electron chi connectivity index (χ3n) is 5.09. The molecule has 8 nitrogen and oxygen atoms in total. The highest BCUT2D eigenvalue weighted by Gasteiger charge is 2.19. The average molecular weight is 436 g/mol. The fourth-order valence-corrected chi connectivity index (χ4v) is 3.41. The van der Waals surface area contributed by atoms with Gasteiger partial charge in [0.05, 0.1) is 30.2 Å². The van der Waals surface area contributed by atoms with Crippen LogP contribution in [0.25, 0.3) is 22.8 Å². The summed E-state index contributed by atoms with van der Waals surface area (Å²) in [5.74, 6) is 1.11. The molecule has 8 heteroatoms. The van der Waals surface area contributed by atoms with E-state index in [4.69, 9.17) is 9.84 Å². The van der Waals surface area contributed by atoms with E-state index in [0.717, 1.165) is 17.0 Å². The Kier molecular flexibility index (Phi) is 5.38. The summed E-state index contributed by atoms with van der Waals surface area (Å²) >= 11 is 0. The van der Waals surface area contributed by atoms with Crippen molar-refractivity contribution in [3.05, 3.63) is 103 Å². The van der Waals surface area contributed by atoms with Gasteiger partial charge in [-0.25, -0.2) is 14.3 Å². The minimum Gasteiger partial charge on any atom is -0.497 e. The summed E-state index contributed by atoms with van der Waals surface area (Å²) in [6.45, 7) is 0. The molecular weight excluding hydrogens is 416 g/mol. The SMILES string of the molecule is COc1ccc(-c2nn(-c3ccccc3)cc2C(=O)Nc2ccc(-n3cccn3)nc2)cc1. The number of pyridine rings is 1. The Balaban J connectivity index is 1.47. The Labute approximate surface area is 190 Å². The fourth-order valence-electron chi connectivity index (χ4n) is 3.41. The molecule has 5 aromatic rings. The molecule has 0 saturated heterocycles. The van der Waals surface area contributed by atoms with Gasteiger partial charge in [0.25, 0.3) is 5.91 Å². The first kappa shape index (κ1) is 20.2. The van der Waals surface area contributed by atoms with Crippen LogP contribution in [0, 0.1) is 0 Å². The molecule has 1 amide bonds. The molecule has 3 heterocycles. The topological polar surface area (TPSA) is 86.9 Å². The highest BCUT2D eigenvalue weighted by atomic mass is 16.5. The van der Waals surface area contributed by atoms with Crippen LogP contribution in [0.3, 0.4) is 0 Å². The van der Waals surface area contributed by atoms with Crippen molar-refractivity contribution in [2.24, 2.45) is 0 Å². The van der Waals surface area contributed by atoms with E-state index in [-0.39, 0.29) is 5.91 Å². The van der Waals surface area contributed by atoms with Gasteiger partial charge in [-0.15, -0.1) is 0 Å². The molecule has 0 unspecified atom stereocenters. The molecule has 0 radical (unpaired) electrons. The highest BCUT2D eigenvalue weighted by molar-refractivity contribution is 6.08. The molecule has 33 heavy (non-hydrogen) atoms. The van der Waals surface area contributed by atoms with Crippen LogP contribution in [0.1, 0.15) is 10.4 Å². The number of aromatic nitrogens is 5. The van der Waals surface area contributed by atoms with Crippen LogP contribution in [0.4, 0.5) is 5.69 Å². The summed E-state index contributed by atoms with van der Waals surface area (Å²) in [5, 5.41) is 11.8. The van der Waals surface area contributed by atoms with Crippen molar-refractivity contribution in [1.29, 1.82) is 0 Å². The van der Waals surface area contributed by atoms with E-state index in [2.05, 4.69) is 15.4 Å². The number of anilines is 1. The van der Waals surface area contributed by atoms with Crippen LogP contribution in [-0.2, 0) is 0 Å². The standard InChI is InChI=1S/C25H20N6O2/c1-33-21-11-8-18(9-12-21)24-22(17-31(29-24)20-6-3-2-4-7-20)25(32)28-19-10-13-23(26-16-19)30-15-5-14-27-30/h2-17H,1H3,(H,28,32). The molecule has 3 aromatic heterocycles. The summed E-state index contributed by atoms with van der Waals surface area (Å²) in [4.78, 5) is 17.6. The molecule has 0 bridgehead atoms. The maximum absolute atomic E-state index is 13.3. The number of amides is 1. The summed E-state index contributed by atoms with van der Waals surface area (Å²) in [7, 11) is 1.61. The lowest BCUT2D eigenvalue weighted by atomic mass is 10.1. The van der Waals surface area contributed by atoms with Gasteiger partial charge in [0, 0.05) is 24.2 Å². The Hall–Kier alpha value is -4.72. The van der Waals surface area contributed by atoms with Gasteiger partial charge >= 0.3 is 0 Å². The first-order valence-corrected chi connectivity index (χ1v) is 10.3. The average Bonchev–Trinajstić information content (AvgIpc) is 3.56. The molecular formula is C25H20N6O2. The van der Waals surface area contributed by atoms with Crippen molar-refractivity contribution < 1.29 is 9.53 Å². The Morgan fingerprint density at radius 2 is 1.76 bits per heavy atom. The summed E-state index contributed by atoms with van der Waals surface area (Å²) < 4.78 is 8.61. The Bertz CT molecular complexity index is 1360. The second kappa shape index (κ2) is 8.80. The smallest absolute Gasteiger partial charge is 0.259 e. The zero-order valence-electron chi connectivity index (χ0n) is 17.8. The van der Waals surface area contributed by atoms with E-state index in [1.54, 1.807) is 53.4 Å². The second-order valence-electron chi connectivity index (χ2n) is 7.21. The normalized spacial score (nSPS) is 10.7. The predicted octanol–water partition coefficient (Wildman–Crippen LogP) is 4.38. The lowest BCUT2D eigenvalue weighted by Gasteiger charge is -2.07. The molecule has 0 aliphatic rings. The molecule has 0 aliphatic carbocycles. The van der Waals surface area contributed by atoms with Gasteiger partial charge in [0.1, 0.15) is 11.4 Å². The van der Waals surface area contributed by atoms with Crippen LogP contribution in [0.2, 0.25) is 0 Å². The summed E-state index contributed by atoms with van der Waals surface area (Å²) in [5.41, 5.74) is 3.25. The number of rotatable bonds is 6. The largest absolute Gasteiger partial charge is 0.497 e. The summed E-state index contributed by atoms with van der Waals surface area (Å²) in [6.07, 6.45) is 6.82. The molecule has 0 fully saturated rings. The minimum absolute atomic E-state index is 0.281. The molecule has 5 rings (SSSR count). The number of hydrogen-bond acceptors (Lipinski definition) is 5. The molecule has 0 aliphatic heterocycles. The number of carbonyl (C=O) groups excluding carboxylic acids is 1. The number of benzene rings is 2. The van der Waals surface area contributed by atoms with E-state index in [9.17, 15) is 4.79 Å². The Morgan fingerprint density at radius 1 is 0.939 bits per heavy atom. The maximum atomic E-state index is 13.3. The maximum Gasteiger partial charge on any atom is 0.259 e. The van der Waals surface area contributed by atoms with Crippen molar-refractivity contribution in [3.8, 4) is 28.5 Å². The molecule has 0 atom stereocenters. The highest BCUT2D eigenvalue weighted by Crippen LogP contribution is 2.26. The molecule has 2 aromatic carbocycles. The van der Waals surface area contributed by atoms with Crippen LogP contribution in [0.5, 0.6) is 5.75 Å². The van der Waals surface area contributed by atoms with Crippen LogP contribution in [-0.4, -0.2) is 37.6 Å². The lowest BCUT2D eigenvalue weighted by molar-refractivity contribution is 0.102. The number of methoxy groups -OCH3 is 1. The minimum atomic E-state index is -0.281. The van der Waals surface area contributed by atoms with E-state index in [1.165, 1.54) is 0 Å². The molecule has 162 valence electrons. The van der Waals surface area contributed by atoms with E-state index >= 15 is 0 Å². The van der Waals surface area contributed by atoms with E-state index in [1.807, 2.05) is 60.7 Å². The predicted molar refractivity (Wildman–Crippen MR) is 125 cm³/mol. The van der Waals surface area contributed by atoms with Gasteiger partial charge in [0.15, 0.2) is 5.82 Å². The molecule has 1 N–H and O–H groups in total. The van der Waals surface area contributed by atoms with Crippen molar-refractivity contribution in [2.75, 3.05) is 12.4 Å². The first-order valence-electron chi connectivity index (χ1n) is 10.3. The van der Waals surface area contributed by atoms with Gasteiger partial charge in [-0.2, -0.15) is 10.2 Å². The van der Waals surface area contributed by atoms with Crippen molar-refractivity contribution in [1.82, 2.24) is 24.5 Å². The lowest BCUT2D eigenvalue weighted by Crippen LogP contribution is -2.12. The second-order valence-corrected chi connectivity index (χ2v) is 7.21. The van der Waals surface area contributed by atoms with Crippen molar-refractivity contribution in [3.63, 3.8) is 0 Å². The fraction of sp³-hybridized carbons (Fsp3) is 0.0400. The van der Waals surface area contributed by atoms with Gasteiger partial charge in [-0.1, -0.05) is 18.2 Å². The van der Waals surface area contributed by atoms with Crippen LogP contribution >= 0.6 is 0 Å². The third-order valence-corrected chi connectivity index (χ3v) is 5.09. The number of hydrogen-bond donors (Lipinski definition) is 1. The van der Waals surface area contributed by atoms with Crippen LogP contribution in [0.15, 0.2) is 97.6 Å². The zero-order chi connectivity index (χ0) is 22.6. The number of nitrogens with zero attached hydrogens (tertiary/aromatic N) is 5. The van der Waals surface area contributed by atoms with Crippen molar-refractivity contribution in [2.45, 2.75) is 0 Å². The first-order chi connectivity index (χ1) is 16.2. The number of nitrogens with one attached hydrogen (secondary N) is 1. The van der Waals surface area contributed by atoms with Crippen LogP contribution < -0.4 is 10.1 Å². The monoisotopic (exact) mass is 436 g/mol. The van der Waals surface area contributed by atoms with Gasteiger partial charge in [0.2, 0.25) is 0 Å². The van der Waals surface area contributed by atoms with E-state index < -0.39 is 0 Å². The van der Waals surface area contributed by atoms with Gasteiger partial charge in [-0.05, 0) is 54.6 Å². The third kappa shape index (κ3) is 4.22. The number of ether oxygens (including phenoxy) is 1. The number of carbonyl (C=O) groups is 1. The van der Waals surface area contributed by atoms with Crippen molar-refractivity contribution >= 4 is 11.6 Å². The summed E-state index contributed by atoms with van der Waals surface area (Å²) in [6, 6.07) is 22.5. The quantitative estimate of drug-likeness (QED) is 0.427. The van der Waals surface area contributed by atoms with Gasteiger partial charge < -0.3 is 10.1 Å². The van der Waals surface area contributed by atoms with Gasteiger partial charge in [-0.3, -0.25) is 4.79 Å².